The van der Waals surface area contributed by atoms with Gasteiger partial charge in [-0.25, -0.2) is 5.84 Å². The maximum absolute atomic E-state index is 10.5. The van der Waals surface area contributed by atoms with Gasteiger partial charge in [-0.3, -0.25) is 15.2 Å². The summed E-state index contributed by atoms with van der Waals surface area (Å²) in [6, 6.07) is 0. The van der Waals surface area contributed by atoms with Crippen LogP contribution in [0.4, 0.5) is 0 Å². The number of hydrogen-bond acceptors (Lipinski definition) is 3. The van der Waals surface area contributed by atoms with E-state index in [9.17, 15) is 4.79 Å². The molecule has 94 valence electrons. The molecular formula is C10H23N5O. The molecule has 6 nitrogen and oxygen atoms in total. The fourth-order valence-electron chi connectivity index (χ4n) is 1.14. The van der Waals surface area contributed by atoms with Gasteiger partial charge in [0, 0.05) is 19.5 Å². The average Bonchev–Trinajstić information content (AvgIpc) is 2.26. The molecule has 0 aliphatic heterocycles. The van der Waals surface area contributed by atoms with Crippen LogP contribution in [0.15, 0.2) is 4.99 Å². The summed E-state index contributed by atoms with van der Waals surface area (Å²) in [6.07, 6.45) is 4.24. The van der Waals surface area contributed by atoms with E-state index < -0.39 is 0 Å². The van der Waals surface area contributed by atoms with Crippen LogP contribution in [0, 0.1) is 0 Å². The molecule has 1 amide bonds. The Balaban J connectivity index is 3.58. The summed E-state index contributed by atoms with van der Waals surface area (Å²) >= 11 is 0. The van der Waals surface area contributed by atoms with Crippen LogP contribution >= 0.6 is 0 Å². The van der Waals surface area contributed by atoms with Gasteiger partial charge < -0.3 is 11.1 Å². The Morgan fingerprint density at radius 1 is 1.31 bits per heavy atom. The number of primary amides is 1. The van der Waals surface area contributed by atoms with Gasteiger partial charge in [-0.05, 0) is 19.3 Å². The predicted octanol–water partition coefficient (Wildman–Crippen LogP) is -0.149. The van der Waals surface area contributed by atoms with Gasteiger partial charge in [0.25, 0.3) is 0 Å². The molecule has 0 saturated heterocycles. The van der Waals surface area contributed by atoms with Gasteiger partial charge in [-0.1, -0.05) is 13.3 Å². The quantitative estimate of drug-likeness (QED) is 0.153. The van der Waals surface area contributed by atoms with Crippen LogP contribution in [0.3, 0.4) is 0 Å². The van der Waals surface area contributed by atoms with E-state index in [4.69, 9.17) is 11.6 Å². The maximum atomic E-state index is 10.5. The molecule has 0 heterocycles. The van der Waals surface area contributed by atoms with Crippen LogP contribution < -0.4 is 22.3 Å². The lowest BCUT2D eigenvalue weighted by Gasteiger charge is -2.08. The molecule has 0 fully saturated rings. The number of carbonyl (C=O) groups is 1. The van der Waals surface area contributed by atoms with E-state index in [1.54, 1.807) is 0 Å². The van der Waals surface area contributed by atoms with Crippen molar-refractivity contribution in [1.82, 2.24) is 10.7 Å². The van der Waals surface area contributed by atoms with Gasteiger partial charge in [0.2, 0.25) is 11.9 Å². The standard InChI is InChI=1S/C10H23N5O/c1-2-3-7-13-10(15-12)14-8-5-4-6-9(11)16/h2-8,12H2,1H3,(H2,11,16)(H2,13,14,15). The molecule has 0 saturated carbocycles. The predicted molar refractivity (Wildman–Crippen MR) is 65.6 cm³/mol. The Morgan fingerprint density at radius 3 is 2.62 bits per heavy atom. The van der Waals surface area contributed by atoms with Crippen molar-refractivity contribution in [1.29, 1.82) is 0 Å². The first-order valence-electron chi connectivity index (χ1n) is 5.74. The van der Waals surface area contributed by atoms with Gasteiger partial charge in [-0.15, -0.1) is 0 Å². The summed E-state index contributed by atoms with van der Waals surface area (Å²) in [5, 5.41) is 3.09. The van der Waals surface area contributed by atoms with Crippen LogP contribution in [-0.4, -0.2) is 25.0 Å². The number of guanidine groups is 1. The zero-order chi connectivity index (χ0) is 12.2. The van der Waals surface area contributed by atoms with Crippen molar-refractivity contribution < 1.29 is 4.79 Å². The van der Waals surface area contributed by atoms with E-state index in [1.165, 1.54) is 0 Å². The van der Waals surface area contributed by atoms with Crippen LogP contribution in [0.25, 0.3) is 0 Å². The van der Waals surface area contributed by atoms with Crippen molar-refractivity contribution in [2.24, 2.45) is 16.6 Å². The average molecular weight is 229 g/mol. The van der Waals surface area contributed by atoms with Crippen molar-refractivity contribution in [3.8, 4) is 0 Å². The number of rotatable bonds is 8. The number of hydrogen-bond donors (Lipinski definition) is 4. The minimum Gasteiger partial charge on any atom is -0.370 e. The van der Waals surface area contributed by atoms with Gasteiger partial charge >= 0.3 is 0 Å². The Labute approximate surface area is 96.8 Å². The van der Waals surface area contributed by atoms with Gasteiger partial charge in [0.15, 0.2) is 0 Å². The second-order valence-corrected chi connectivity index (χ2v) is 3.58. The molecule has 0 radical (unpaired) electrons. The number of unbranched alkanes of at least 4 members (excludes halogenated alkanes) is 2. The Morgan fingerprint density at radius 2 is 2.06 bits per heavy atom. The lowest BCUT2D eigenvalue weighted by molar-refractivity contribution is -0.118. The molecular weight excluding hydrogens is 206 g/mol. The lowest BCUT2D eigenvalue weighted by Crippen LogP contribution is -2.42. The van der Waals surface area contributed by atoms with Crippen molar-refractivity contribution >= 4 is 11.9 Å². The van der Waals surface area contributed by atoms with Crippen molar-refractivity contribution in [3.63, 3.8) is 0 Å². The third kappa shape index (κ3) is 9.26. The van der Waals surface area contributed by atoms with Crippen LogP contribution in [0.2, 0.25) is 0 Å². The minimum atomic E-state index is -0.262. The van der Waals surface area contributed by atoms with Crippen molar-refractivity contribution in [2.45, 2.75) is 39.0 Å². The first kappa shape index (κ1) is 14.7. The van der Waals surface area contributed by atoms with E-state index in [0.29, 0.717) is 18.9 Å². The molecule has 6 N–H and O–H groups in total. The molecule has 0 rings (SSSR count). The van der Waals surface area contributed by atoms with Gasteiger partial charge in [0.1, 0.15) is 0 Å². The highest BCUT2D eigenvalue weighted by Gasteiger charge is 1.96. The van der Waals surface area contributed by atoms with Crippen molar-refractivity contribution in [3.05, 3.63) is 0 Å². The zero-order valence-corrected chi connectivity index (χ0v) is 9.96. The monoisotopic (exact) mass is 229 g/mol. The third-order valence-electron chi connectivity index (χ3n) is 2.06. The fraction of sp³-hybridized carbons (Fsp3) is 0.800. The van der Waals surface area contributed by atoms with Crippen LogP contribution in [0.1, 0.15) is 39.0 Å². The summed E-state index contributed by atoms with van der Waals surface area (Å²) in [6.45, 7) is 3.63. The number of aliphatic imine (C=N–C) groups is 1. The van der Waals surface area contributed by atoms with E-state index in [0.717, 1.165) is 32.2 Å². The summed E-state index contributed by atoms with van der Waals surface area (Å²) < 4.78 is 0. The molecule has 0 aromatic heterocycles. The SMILES string of the molecule is CCCCNC(=NCCCCC(N)=O)NN. The Bertz CT molecular complexity index is 217. The van der Waals surface area contributed by atoms with E-state index in [2.05, 4.69) is 22.7 Å². The number of amides is 1. The van der Waals surface area contributed by atoms with Crippen LogP contribution in [-0.2, 0) is 4.79 Å². The molecule has 0 aromatic carbocycles. The molecule has 16 heavy (non-hydrogen) atoms. The molecule has 6 heteroatoms. The fourth-order valence-corrected chi connectivity index (χ4v) is 1.14. The topological polar surface area (TPSA) is 106 Å². The van der Waals surface area contributed by atoms with Crippen molar-refractivity contribution in [2.75, 3.05) is 13.1 Å². The lowest BCUT2D eigenvalue weighted by atomic mass is 10.2. The number of hydrazine groups is 1. The highest BCUT2D eigenvalue weighted by Crippen LogP contribution is 1.94. The molecule has 0 aliphatic rings. The normalized spacial score (nSPS) is 11.2. The highest BCUT2D eigenvalue weighted by molar-refractivity contribution is 5.79. The third-order valence-corrected chi connectivity index (χ3v) is 2.06. The summed E-state index contributed by atoms with van der Waals surface area (Å²) in [5.74, 6) is 5.64. The van der Waals surface area contributed by atoms with Crippen LogP contribution in [0.5, 0.6) is 0 Å². The molecule has 0 spiro atoms. The summed E-state index contributed by atoms with van der Waals surface area (Å²) in [4.78, 5) is 14.7. The second-order valence-electron chi connectivity index (χ2n) is 3.58. The van der Waals surface area contributed by atoms with Gasteiger partial charge in [-0.2, -0.15) is 0 Å². The first-order chi connectivity index (χ1) is 7.70. The minimum absolute atomic E-state index is 0.262. The van der Waals surface area contributed by atoms with E-state index in [1.807, 2.05) is 0 Å². The second kappa shape index (κ2) is 10.2. The molecule has 0 atom stereocenters. The molecule has 0 aliphatic carbocycles. The maximum Gasteiger partial charge on any atom is 0.217 e. The number of nitrogens with one attached hydrogen (secondary N) is 2. The number of nitrogens with zero attached hydrogens (tertiary/aromatic N) is 1. The summed E-state index contributed by atoms with van der Waals surface area (Å²) in [5.41, 5.74) is 7.53. The van der Waals surface area contributed by atoms with E-state index in [-0.39, 0.29) is 5.91 Å². The highest BCUT2D eigenvalue weighted by atomic mass is 16.1. The number of carbonyl (C=O) groups excluding carboxylic acids is 1. The number of nitrogens with two attached hydrogens (primary N) is 2. The van der Waals surface area contributed by atoms with Gasteiger partial charge in [0.05, 0.1) is 0 Å². The Hall–Kier alpha value is -1.30. The molecule has 0 bridgehead atoms. The van der Waals surface area contributed by atoms with E-state index >= 15 is 0 Å². The summed E-state index contributed by atoms with van der Waals surface area (Å²) in [7, 11) is 0. The smallest absolute Gasteiger partial charge is 0.217 e. The first-order valence-corrected chi connectivity index (χ1v) is 5.74. The molecule has 0 unspecified atom stereocenters. The Kier molecular flexibility index (Phi) is 9.39. The largest absolute Gasteiger partial charge is 0.370 e. The zero-order valence-electron chi connectivity index (χ0n) is 9.96. The molecule has 0 aromatic rings.